The van der Waals surface area contributed by atoms with Gasteiger partial charge in [0.2, 0.25) is 0 Å². The van der Waals surface area contributed by atoms with Crippen LogP contribution in [0.25, 0.3) is 0 Å². The number of nitrogens with zero attached hydrogens (tertiary/aromatic N) is 2. The quantitative estimate of drug-likeness (QED) is 0.643. The molecule has 2 aromatic rings. The van der Waals surface area contributed by atoms with Gasteiger partial charge < -0.3 is 5.32 Å². The lowest BCUT2D eigenvalue weighted by Crippen LogP contribution is -2.12. The molecule has 0 spiro atoms. The Morgan fingerprint density at radius 1 is 1.27 bits per heavy atom. The third-order valence-electron chi connectivity index (χ3n) is 3.64. The highest BCUT2D eigenvalue weighted by Crippen LogP contribution is 2.24. The molecule has 0 aliphatic heterocycles. The first-order valence-electron chi connectivity index (χ1n) is 7.13. The van der Waals surface area contributed by atoms with Crippen LogP contribution >= 0.6 is 0 Å². The molecule has 1 unspecified atom stereocenters. The fraction of sp³-hybridized carbons (Fsp3) is 0.235. The van der Waals surface area contributed by atoms with Gasteiger partial charge in [-0.25, -0.2) is 0 Å². The number of benzene rings is 2. The Balaban J connectivity index is 2.14. The van der Waals surface area contributed by atoms with Crippen molar-refractivity contribution in [3.63, 3.8) is 0 Å². The maximum Gasteiger partial charge on any atom is 0.270 e. The Hall–Kier alpha value is -2.87. The Morgan fingerprint density at radius 2 is 2.00 bits per heavy atom. The summed E-state index contributed by atoms with van der Waals surface area (Å²) in [5.41, 5.74) is 2.08. The van der Waals surface area contributed by atoms with Gasteiger partial charge in [0, 0.05) is 24.6 Å². The average Bonchev–Trinajstić information content (AvgIpc) is 2.56. The summed E-state index contributed by atoms with van der Waals surface area (Å²) in [5.74, 6) is 0.322. The van der Waals surface area contributed by atoms with Crippen LogP contribution in [-0.4, -0.2) is 11.5 Å². The zero-order valence-electron chi connectivity index (χ0n) is 12.3. The Morgan fingerprint density at radius 3 is 2.59 bits per heavy atom. The van der Waals surface area contributed by atoms with Crippen molar-refractivity contribution >= 4 is 11.4 Å². The lowest BCUT2D eigenvalue weighted by Gasteiger charge is -2.17. The molecule has 0 radical (unpaired) electrons. The van der Waals surface area contributed by atoms with E-state index >= 15 is 0 Å². The minimum atomic E-state index is -0.497. The lowest BCUT2D eigenvalue weighted by molar-refractivity contribution is -0.384. The predicted molar refractivity (Wildman–Crippen MR) is 85.8 cm³/mol. The molecule has 2 rings (SSSR count). The van der Waals surface area contributed by atoms with E-state index in [2.05, 4.69) is 24.4 Å². The molecule has 5 heteroatoms. The summed E-state index contributed by atoms with van der Waals surface area (Å²) in [6.07, 6.45) is 0.964. The van der Waals surface area contributed by atoms with E-state index in [1.807, 2.05) is 24.3 Å². The highest BCUT2D eigenvalue weighted by atomic mass is 16.6. The first-order valence-corrected chi connectivity index (χ1v) is 7.13. The lowest BCUT2D eigenvalue weighted by atomic mass is 9.96. The molecule has 0 saturated carbocycles. The van der Waals surface area contributed by atoms with E-state index < -0.39 is 4.92 Å². The molecule has 0 aromatic heterocycles. The molecule has 22 heavy (non-hydrogen) atoms. The first kappa shape index (κ1) is 15.5. The van der Waals surface area contributed by atoms with E-state index in [1.165, 1.54) is 17.7 Å². The van der Waals surface area contributed by atoms with Crippen molar-refractivity contribution in [1.29, 1.82) is 5.26 Å². The van der Waals surface area contributed by atoms with Crippen molar-refractivity contribution in [3.8, 4) is 6.07 Å². The van der Waals surface area contributed by atoms with E-state index in [1.54, 1.807) is 6.07 Å². The predicted octanol–water partition coefficient (Wildman–Crippen LogP) is 4.07. The van der Waals surface area contributed by atoms with Gasteiger partial charge in [0.1, 0.15) is 6.07 Å². The van der Waals surface area contributed by atoms with Gasteiger partial charge in [-0.2, -0.15) is 5.26 Å². The third kappa shape index (κ3) is 3.61. The van der Waals surface area contributed by atoms with Crippen LogP contribution in [-0.2, 0) is 0 Å². The maximum absolute atomic E-state index is 10.8. The largest absolute Gasteiger partial charge is 0.383 e. The monoisotopic (exact) mass is 295 g/mol. The molecule has 1 atom stereocenters. The second-order valence-corrected chi connectivity index (χ2v) is 5.00. The molecule has 0 bridgehead atoms. The summed E-state index contributed by atoms with van der Waals surface area (Å²) >= 11 is 0. The minimum absolute atomic E-state index is 0.0720. The van der Waals surface area contributed by atoms with Gasteiger partial charge >= 0.3 is 0 Å². The number of hydrogen-bond donors (Lipinski definition) is 1. The molecule has 2 aromatic carbocycles. The molecule has 0 heterocycles. The summed E-state index contributed by atoms with van der Waals surface area (Å²) in [4.78, 5) is 10.3. The second kappa shape index (κ2) is 7.23. The van der Waals surface area contributed by atoms with Crippen molar-refractivity contribution in [2.75, 3.05) is 11.9 Å². The van der Waals surface area contributed by atoms with Crippen molar-refractivity contribution in [2.45, 2.75) is 19.3 Å². The fourth-order valence-electron chi connectivity index (χ4n) is 2.35. The van der Waals surface area contributed by atoms with Crippen LogP contribution in [0.3, 0.4) is 0 Å². The highest BCUT2D eigenvalue weighted by molar-refractivity contribution is 5.61. The van der Waals surface area contributed by atoms with Crippen molar-refractivity contribution in [2.24, 2.45) is 0 Å². The summed E-state index contributed by atoms with van der Waals surface area (Å²) in [6.45, 7) is 2.79. The van der Waals surface area contributed by atoms with E-state index in [0.717, 1.165) is 6.42 Å². The van der Waals surface area contributed by atoms with Crippen molar-refractivity contribution in [3.05, 3.63) is 69.8 Å². The SMILES string of the molecule is CCC(CNc1ccc([N+](=O)[O-])cc1C#N)c1ccccc1. The number of nitro benzene ring substituents is 1. The van der Waals surface area contributed by atoms with Crippen LogP contribution in [0.15, 0.2) is 48.5 Å². The zero-order valence-corrected chi connectivity index (χ0v) is 12.3. The maximum atomic E-state index is 10.8. The van der Waals surface area contributed by atoms with E-state index in [4.69, 9.17) is 5.26 Å². The van der Waals surface area contributed by atoms with Crippen LogP contribution < -0.4 is 5.32 Å². The van der Waals surface area contributed by atoms with Crippen LogP contribution in [0.5, 0.6) is 0 Å². The number of rotatable bonds is 6. The highest BCUT2D eigenvalue weighted by Gasteiger charge is 2.13. The zero-order chi connectivity index (χ0) is 15.9. The van der Waals surface area contributed by atoms with Gasteiger partial charge in [-0.3, -0.25) is 10.1 Å². The minimum Gasteiger partial charge on any atom is -0.383 e. The van der Waals surface area contributed by atoms with Crippen LogP contribution in [0.4, 0.5) is 11.4 Å². The van der Waals surface area contributed by atoms with E-state index in [9.17, 15) is 10.1 Å². The molecule has 0 aliphatic carbocycles. The molecule has 112 valence electrons. The number of non-ortho nitro benzene ring substituents is 1. The summed E-state index contributed by atoms with van der Waals surface area (Å²) in [7, 11) is 0. The van der Waals surface area contributed by atoms with E-state index in [0.29, 0.717) is 18.2 Å². The number of nitrogens with one attached hydrogen (secondary N) is 1. The van der Waals surface area contributed by atoms with Gasteiger partial charge in [0.15, 0.2) is 0 Å². The van der Waals surface area contributed by atoms with Crippen LogP contribution in [0, 0.1) is 21.4 Å². The Kier molecular flexibility index (Phi) is 5.10. The smallest absolute Gasteiger partial charge is 0.270 e. The Bertz CT molecular complexity index is 693. The van der Waals surface area contributed by atoms with Gasteiger partial charge in [-0.1, -0.05) is 37.3 Å². The molecule has 0 fully saturated rings. The molecule has 0 saturated heterocycles. The summed E-state index contributed by atoms with van der Waals surface area (Å²) in [5, 5.41) is 23.1. The van der Waals surface area contributed by atoms with E-state index in [-0.39, 0.29) is 11.3 Å². The molecule has 0 aliphatic rings. The molecular formula is C17H17N3O2. The molecule has 5 nitrogen and oxygen atoms in total. The third-order valence-corrected chi connectivity index (χ3v) is 3.64. The van der Waals surface area contributed by atoms with Gasteiger partial charge in [-0.15, -0.1) is 0 Å². The Labute approximate surface area is 129 Å². The van der Waals surface area contributed by atoms with Gasteiger partial charge in [0.25, 0.3) is 5.69 Å². The van der Waals surface area contributed by atoms with Crippen LogP contribution in [0.1, 0.15) is 30.4 Å². The van der Waals surface area contributed by atoms with Crippen molar-refractivity contribution in [1.82, 2.24) is 0 Å². The normalized spacial score (nSPS) is 11.5. The first-order chi connectivity index (χ1) is 10.7. The second-order valence-electron chi connectivity index (χ2n) is 5.00. The van der Waals surface area contributed by atoms with Gasteiger partial charge in [0.05, 0.1) is 16.2 Å². The number of anilines is 1. The van der Waals surface area contributed by atoms with Crippen molar-refractivity contribution < 1.29 is 4.92 Å². The standard InChI is InChI=1S/C17H17N3O2/c1-2-13(14-6-4-3-5-7-14)12-19-17-9-8-16(20(21)22)10-15(17)11-18/h3-10,13,19H,2,12H2,1H3. The number of nitro groups is 1. The molecule has 0 amide bonds. The summed E-state index contributed by atoms with van der Waals surface area (Å²) in [6, 6.07) is 16.5. The number of hydrogen-bond acceptors (Lipinski definition) is 4. The van der Waals surface area contributed by atoms with Gasteiger partial charge in [-0.05, 0) is 18.1 Å². The molecular weight excluding hydrogens is 278 g/mol. The van der Waals surface area contributed by atoms with Crippen LogP contribution in [0.2, 0.25) is 0 Å². The molecule has 1 N–H and O–H groups in total. The topological polar surface area (TPSA) is 79.0 Å². The number of nitriles is 1. The average molecular weight is 295 g/mol. The fourth-order valence-corrected chi connectivity index (χ4v) is 2.35. The summed E-state index contributed by atoms with van der Waals surface area (Å²) < 4.78 is 0.